The summed E-state index contributed by atoms with van der Waals surface area (Å²) in [7, 11) is 0. The van der Waals surface area contributed by atoms with Crippen LogP contribution in [0.15, 0.2) is 6.20 Å². The first-order valence-electron chi connectivity index (χ1n) is 5.21. The predicted molar refractivity (Wildman–Crippen MR) is 55.8 cm³/mol. The first-order valence-corrected chi connectivity index (χ1v) is 5.21. The molecule has 0 radical (unpaired) electrons. The second-order valence-corrected chi connectivity index (χ2v) is 4.31. The maximum absolute atomic E-state index is 6.36. The van der Waals surface area contributed by atoms with Crippen LogP contribution in [0.3, 0.4) is 0 Å². The first kappa shape index (κ1) is 9.59. The molecule has 0 saturated heterocycles. The molecule has 0 amide bonds. The summed E-state index contributed by atoms with van der Waals surface area (Å²) >= 11 is 0. The molecule has 2 N–H and O–H groups in total. The Hall–Kier alpha value is -0.960. The minimum Gasteiger partial charge on any atom is -0.320 e. The summed E-state index contributed by atoms with van der Waals surface area (Å²) < 4.78 is 0. The van der Waals surface area contributed by atoms with Crippen LogP contribution in [-0.4, -0.2) is 9.97 Å². The van der Waals surface area contributed by atoms with Gasteiger partial charge in [0.25, 0.3) is 0 Å². The summed E-state index contributed by atoms with van der Waals surface area (Å²) in [5, 5.41) is 0. The van der Waals surface area contributed by atoms with Crippen LogP contribution in [0, 0.1) is 13.8 Å². The average molecular weight is 191 g/mol. The van der Waals surface area contributed by atoms with Crippen molar-refractivity contribution in [2.45, 2.75) is 45.1 Å². The second-order valence-electron chi connectivity index (χ2n) is 4.31. The van der Waals surface area contributed by atoms with Crippen molar-refractivity contribution in [1.82, 2.24) is 9.97 Å². The van der Waals surface area contributed by atoms with Crippen LogP contribution in [0.25, 0.3) is 0 Å². The van der Waals surface area contributed by atoms with Crippen LogP contribution >= 0.6 is 0 Å². The van der Waals surface area contributed by atoms with Gasteiger partial charge in [0.15, 0.2) is 0 Å². The molecule has 3 nitrogen and oxygen atoms in total. The SMILES string of the molecule is Cc1ncc(C)c(C2(N)CCCC2)n1. The first-order chi connectivity index (χ1) is 6.62. The van der Waals surface area contributed by atoms with Crippen molar-refractivity contribution < 1.29 is 0 Å². The highest BCUT2D eigenvalue weighted by molar-refractivity contribution is 5.25. The minimum absolute atomic E-state index is 0.183. The Bertz CT molecular complexity index is 340. The zero-order valence-corrected chi connectivity index (χ0v) is 8.88. The Balaban J connectivity index is 2.44. The smallest absolute Gasteiger partial charge is 0.125 e. The Morgan fingerprint density at radius 3 is 2.57 bits per heavy atom. The Morgan fingerprint density at radius 1 is 1.29 bits per heavy atom. The van der Waals surface area contributed by atoms with Gasteiger partial charge in [0.05, 0.1) is 11.2 Å². The third-order valence-electron chi connectivity index (χ3n) is 3.06. The second kappa shape index (κ2) is 3.31. The van der Waals surface area contributed by atoms with Gasteiger partial charge in [-0.3, -0.25) is 0 Å². The van der Waals surface area contributed by atoms with Crippen molar-refractivity contribution in [2.24, 2.45) is 5.73 Å². The molecule has 0 unspecified atom stereocenters. The van der Waals surface area contributed by atoms with E-state index in [-0.39, 0.29) is 5.54 Å². The summed E-state index contributed by atoms with van der Waals surface area (Å²) in [6.07, 6.45) is 6.44. The summed E-state index contributed by atoms with van der Waals surface area (Å²) in [4.78, 5) is 8.67. The van der Waals surface area contributed by atoms with Crippen molar-refractivity contribution >= 4 is 0 Å². The van der Waals surface area contributed by atoms with E-state index in [0.29, 0.717) is 0 Å². The van der Waals surface area contributed by atoms with E-state index in [1.54, 1.807) is 0 Å². The zero-order chi connectivity index (χ0) is 10.2. The highest BCUT2D eigenvalue weighted by atomic mass is 14.9. The van der Waals surface area contributed by atoms with Crippen LogP contribution in [0.1, 0.15) is 42.8 Å². The van der Waals surface area contributed by atoms with Gasteiger partial charge in [-0.05, 0) is 32.3 Å². The maximum Gasteiger partial charge on any atom is 0.125 e. The number of hydrogen-bond donors (Lipinski definition) is 1. The van der Waals surface area contributed by atoms with E-state index >= 15 is 0 Å². The van der Waals surface area contributed by atoms with Gasteiger partial charge in [-0.1, -0.05) is 12.8 Å². The van der Waals surface area contributed by atoms with Gasteiger partial charge in [0, 0.05) is 6.20 Å². The van der Waals surface area contributed by atoms with E-state index in [4.69, 9.17) is 5.73 Å². The van der Waals surface area contributed by atoms with Crippen molar-refractivity contribution in [2.75, 3.05) is 0 Å². The lowest BCUT2D eigenvalue weighted by Gasteiger charge is -2.24. The molecule has 0 spiro atoms. The molecule has 3 heteroatoms. The maximum atomic E-state index is 6.36. The van der Waals surface area contributed by atoms with Crippen molar-refractivity contribution in [1.29, 1.82) is 0 Å². The summed E-state index contributed by atoms with van der Waals surface area (Å²) in [5.74, 6) is 0.822. The fraction of sp³-hybridized carbons (Fsp3) is 0.636. The highest BCUT2D eigenvalue weighted by Crippen LogP contribution is 2.36. The molecule has 1 aliphatic rings. The van der Waals surface area contributed by atoms with E-state index in [2.05, 4.69) is 9.97 Å². The molecule has 76 valence electrons. The van der Waals surface area contributed by atoms with Gasteiger partial charge in [-0.15, -0.1) is 0 Å². The molecule has 0 bridgehead atoms. The topological polar surface area (TPSA) is 51.8 Å². The van der Waals surface area contributed by atoms with E-state index in [1.165, 1.54) is 12.8 Å². The number of nitrogens with zero attached hydrogens (tertiary/aromatic N) is 2. The largest absolute Gasteiger partial charge is 0.320 e. The Morgan fingerprint density at radius 2 is 1.93 bits per heavy atom. The molecule has 1 aliphatic carbocycles. The lowest BCUT2D eigenvalue weighted by molar-refractivity contribution is 0.442. The van der Waals surface area contributed by atoms with Crippen LogP contribution in [0.2, 0.25) is 0 Å². The van der Waals surface area contributed by atoms with Gasteiger partial charge in [-0.2, -0.15) is 0 Å². The van der Waals surface area contributed by atoms with E-state index in [1.807, 2.05) is 20.0 Å². The molecule has 1 fully saturated rings. The predicted octanol–water partition coefficient (Wildman–Crippen LogP) is 1.82. The fourth-order valence-electron chi connectivity index (χ4n) is 2.28. The lowest BCUT2D eigenvalue weighted by Crippen LogP contribution is -2.35. The Kier molecular flexibility index (Phi) is 2.27. The van der Waals surface area contributed by atoms with Gasteiger partial charge >= 0.3 is 0 Å². The Labute approximate surface area is 84.8 Å². The van der Waals surface area contributed by atoms with Crippen molar-refractivity contribution in [3.05, 3.63) is 23.3 Å². The molecule has 1 aromatic rings. The number of aryl methyl sites for hydroxylation is 2. The van der Waals surface area contributed by atoms with Gasteiger partial charge in [0.1, 0.15) is 5.82 Å². The van der Waals surface area contributed by atoms with Crippen molar-refractivity contribution in [3.8, 4) is 0 Å². The van der Waals surface area contributed by atoms with E-state index in [9.17, 15) is 0 Å². The van der Waals surface area contributed by atoms with Crippen LogP contribution in [-0.2, 0) is 5.54 Å². The van der Waals surface area contributed by atoms with Gasteiger partial charge in [0.2, 0.25) is 0 Å². The summed E-state index contributed by atoms with van der Waals surface area (Å²) in [5.41, 5.74) is 8.36. The van der Waals surface area contributed by atoms with E-state index < -0.39 is 0 Å². The quantitative estimate of drug-likeness (QED) is 0.736. The number of rotatable bonds is 1. The molecular formula is C11H17N3. The number of hydrogen-bond acceptors (Lipinski definition) is 3. The van der Waals surface area contributed by atoms with Gasteiger partial charge in [-0.25, -0.2) is 9.97 Å². The molecule has 2 rings (SSSR count). The van der Waals surface area contributed by atoms with Gasteiger partial charge < -0.3 is 5.73 Å². The molecule has 0 aliphatic heterocycles. The normalized spacial score (nSPS) is 19.9. The minimum atomic E-state index is -0.183. The van der Waals surface area contributed by atoms with E-state index in [0.717, 1.165) is 29.9 Å². The zero-order valence-electron chi connectivity index (χ0n) is 8.88. The third kappa shape index (κ3) is 1.52. The monoisotopic (exact) mass is 191 g/mol. The molecule has 1 heterocycles. The summed E-state index contributed by atoms with van der Waals surface area (Å²) in [6, 6.07) is 0. The fourth-order valence-corrected chi connectivity index (χ4v) is 2.28. The molecule has 0 atom stereocenters. The van der Waals surface area contributed by atoms with Crippen molar-refractivity contribution in [3.63, 3.8) is 0 Å². The molecular weight excluding hydrogens is 174 g/mol. The van der Waals surface area contributed by atoms with Crippen LogP contribution < -0.4 is 5.73 Å². The summed E-state index contributed by atoms with van der Waals surface area (Å²) in [6.45, 7) is 3.96. The standard InChI is InChI=1S/C11H17N3/c1-8-7-13-9(2)14-10(8)11(12)5-3-4-6-11/h7H,3-6,12H2,1-2H3. The van der Waals surface area contributed by atoms with Crippen LogP contribution in [0.4, 0.5) is 0 Å². The number of nitrogens with two attached hydrogens (primary N) is 1. The third-order valence-corrected chi connectivity index (χ3v) is 3.06. The molecule has 0 aromatic carbocycles. The molecule has 1 aromatic heterocycles. The highest BCUT2D eigenvalue weighted by Gasteiger charge is 2.33. The lowest BCUT2D eigenvalue weighted by atomic mass is 9.92. The molecule has 14 heavy (non-hydrogen) atoms. The molecule has 1 saturated carbocycles. The average Bonchev–Trinajstić information content (AvgIpc) is 2.58. The number of aromatic nitrogens is 2. The van der Waals surface area contributed by atoms with Crippen LogP contribution in [0.5, 0.6) is 0 Å².